The highest BCUT2D eigenvalue weighted by molar-refractivity contribution is 5.84. The van der Waals surface area contributed by atoms with Gasteiger partial charge in [0.05, 0.1) is 5.92 Å². The largest absolute Gasteiger partial charge is 0.354 e. The fourth-order valence-electron chi connectivity index (χ4n) is 4.33. The number of benzene rings is 2. The summed E-state index contributed by atoms with van der Waals surface area (Å²) in [6.07, 6.45) is 1.91. The lowest BCUT2D eigenvalue weighted by atomic mass is 9.96. The van der Waals surface area contributed by atoms with Gasteiger partial charge in [-0.2, -0.15) is 0 Å². The van der Waals surface area contributed by atoms with Crippen LogP contribution in [0.2, 0.25) is 0 Å². The minimum absolute atomic E-state index is 0.0568. The van der Waals surface area contributed by atoms with Gasteiger partial charge in [0.15, 0.2) is 0 Å². The Morgan fingerprint density at radius 3 is 2.67 bits per heavy atom. The number of para-hydroxylation sites is 1. The van der Waals surface area contributed by atoms with E-state index in [-0.39, 0.29) is 17.7 Å². The normalized spacial score (nSPS) is 16.8. The number of amides is 2. The quantitative estimate of drug-likeness (QED) is 0.656. The van der Waals surface area contributed by atoms with Gasteiger partial charge in [0, 0.05) is 43.8 Å². The van der Waals surface area contributed by atoms with E-state index in [0.717, 1.165) is 13.0 Å². The minimum Gasteiger partial charge on any atom is -0.354 e. The van der Waals surface area contributed by atoms with Gasteiger partial charge in [0.25, 0.3) is 0 Å². The van der Waals surface area contributed by atoms with Crippen molar-refractivity contribution in [1.82, 2.24) is 14.8 Å². The van der Waals surface area contributed by atoms with Crippen molar-refractivity contribution in [3.8, 4) is 0 Å². The van der Waals surface area contributed by atoms with Crippen LogP contribution in [0.5, 0.6) is 0 Å². The average molecular weight is 404 g/mol. The number of hydrogen-bond donors (Lipinski definition) is 1. The monoisotopic (exact) mass is 403 g/mol. The van der Waals surface area contributed by atoms with Gasteiger partial charge in [0.1, 0.15) is 0 Å². The summed E-state index contributed by atoms with van der Waals surface area (Å²) in [7, 11) is 0. The van der Waals surface area contributed by atoms with E-state index in [0.29, 0.717) is 32.5 Å². The van der Waals surface area contributed by atoms with Gasteiger partial charge in [-0.05, 0) is 42.8 Å². The van der Waals surface area contributed by atoms with Crippen LogP contribution in [0.1, 0.15) is 24.1 Å². The van der Waals surface area contributed by atoms with Crippen molar-refractivity contribution in [1.29, 1.82) is 0 Å². The van der Waals surface area contributed by atoms with Crippen LogP contribution in [-0.2, 0) is 22.6 Å². The molecule has 30 heavy (non-hydrogen) atoms. The van der Waals surface area contributed by atoms with Gasteiger partial charge >= 0.3 is 0 Å². The molecule has 1 aliphatic rings. The molecule has 4 rings (SSSR count). The number of carbonyl (C=O) groups excluding carboxylic acids is 2. The zero-order chi connectivity index (χ0) is 20.9. The molecule has 0 saturated carbocycles. The number of nitrogens with zero attached hydrogens (tertiary/aromatic N) is 2. The highest BCUT2D eigenvalue weighted by atomic mass is 16.2. The Morgan fingerprint density at radius 2 is 1.83 bits per heavy atom. The molecule has 0 unspecified atom stereocenters. The van der Waals surface area contributed by atoms with Crippen LogP contribution in [0.4, 0.5) is 0 Å². The van der Waals surface area contributed by atoms with E-state index in [9.17, 15) is 9.59 Å². The van der Waals surface area contributed by atoms with E-state index in [4.69, 9.17) is 0 Å². The van der Waals surface area contributed by atoms with Crippen molar-refractivity contribution in [3.63, 3.8) is 0 Å². The number of carbonyl (C=O) groups is 2. The second-order valence-electron chi connectivity index (χ2n) is 8.10. The Hall–Kier alpha value is -3.08. The maximum atomic E-state index is 12.7. The first kappa shape index (κ1) is 20.2. The Labute approximate surface area is 177 Å². The summed E-state index contributed by atoms with van der Waals surface area (Å²) >= 11 is 0. The summed E-state index contributed by atoms with van der Waals surface area (Å²) in [5.74, 6) is 0.0896. The maximum Gasteiger partial charge on any atom is 0.224 e. The van der Waals surface area contributed by atoms with E-state index < -0.39 is 0 Å². The second kappa shape index (κ2) is 9.16. The number of piperidine rings is 1. The molecule has 1 saturated heterocycles. The van der Waals surface area contributed by atoms with E-state index in [1.54, 1.807) is 0 Å². The summed E-state index contributed by atoms with van der Waals surface area (Å²) in [5, 5.41) is 4.32. The van der Waals surface area contributed by atoms with Crippen LogP contribution in [0.3, 0.4) is 0 Å². The molecule has 5 nitrogen and oxygen atoms in total. The molecule has 0 radical (unpaired) electrons. The molecule has 0 bridgehead atoms. The third kappa shape index (κ3) is 4.56. The molecule has 1 atom stereocenters. The molecular weight excluding hydrogens is 374 g/mol. The van der Waals surface area contributed by atoms with Crippen LogP contribution in [0.25, 0.3) is 10.9 Å². The third-order valence-electron chi connectivity index (χ3n) is 6.04. The summed E-state index contributed by atoms with van der Waals surface area (Å²) in [4.78, 5) is 26.9. The molecule has 2 aromatic carbocycles. The van der Waals surface area contributed by atoms with Gasteiger partial charge in [-0.15, -0.1) is 0 Å². The molecule has 1 N–H and O–H groups in total. The van der Waals surface area contributed by atoms with E-state index >= 15 is 0 Å². The van der Waals surface area contributed by atoms with Gasteiger partial charge in [0.2, 0.25) is 11.8 Å². The van der Waals surface area contributed by atoms with Crippen LogP contribution >= 0.6 is 0 Å². The molecule has 156 valence electrons. The number of fused-ring (bicyclic) bond motifs is 1. The molecule has 3 aromatic rings. The first-order valence-electron chi connectivity index (χ1n) is 10.8. The van der Waals surface area contributed by atoms with Gasteiger partial charge in [-0.25, -0.2) is 0 Å². The van der Waals surface area contributed by atoms with E-state index in [2.05, 4.69) is 47.1 Å². The van der Waals surface area contributed by atoms with Crippen molar-refractivity contribution in [2.24, 2.45) is 5.92 Å². The molecule has 2 heterocycles. The lowest BCUT2D eigenvalue weighted by molar-refractivity contribution is -0.138. The second-order valence-corrected chi connectivity index (χ2v) is 8.10. The number of hydrogen-bond acceptors (Lipinski definition) is 2. The molecular formula is C25H29N3O2. The number of nitrogens with one attached hydrogen (secondary N) is 1. The molecule has 5 heteroatoms. The van der Waals surface area contributed by atoms with Crippen molar-refractivity contribution in [2.75, 3.05) is 19.6 Å². The van der Waals surface area contributed by atoms with Gasteiger partial charge in [-0.1, -0.05) is 48.5 Å². The fourth-order valence-corrected chi connectivity index (χ4v) is 4.33. The lowest BCUT2D eigenvalue weighted by Crippen LogP contribution is -2.46. The first-order valence-corrected chi connectivity index (χ1v) is 10.8. The maximum absolute atomic E-state index is 12.7. The smallest absolute Gasteiger partial charge is 0.224 e. The average Bonchev–Trinajstić information content (AvgIpc) is 3.09. The SMILES string of the molecule is Cc1cc2ccccc2n1CCNC(=O)[C@@H]1CCC(=O)N(CCc2ccccc2)C1. The summed E-state index contributed by atoms with van der Waals surface area (Å²) < 4.78 is 2.24. The number of rotatable bonds is 7. The predicted octanol–water partition coefficient (Wildman–Crippen LogP) is 3.55. The zero-order valence-corrected chi connectivity index (χ0v) is 17.5. The molecule has 0 spiro atoms. The zero-order valence-electron chi connectivity index (χ0n) is 17.5. The van der Waals surface area contributed by atoms with Crippen molar-refractivity contribution in [3.05, 3.63) is 71.9 Å². The van der Waals surface area contributed by atoms with Crippen molar-refractivity contribution in [2.45, 2.75) is 32.7 Å². The van der Waals surface area contributed by atoms with Crippen molar-refractivity contribution < 1.29 is 9.59 Å². The minimum atomic E-state index is -0.124. The fraction of sp³-hybridized carbons (Fsp3) is 0.360. The van der Waals surface area contributed by atoms with Gasteiger partial charge < -0.3 is 14.8 Å². The highest BCUT2D eigenvalue weighted by Gasteiger charge is 2.29. The van der Waals surface area contributed by atoms with Crippen LogP contribution < -0.4 is 5.32 Å². The number of aryl methyl sites for hydroxylation is 1. The van der Waals surface area contributed by atoms with Crippen LogP contribution in [0, 0.1) is 12.8 Å². The van der Waals surface area contributed by atoms with Crippen molar-refractivity contribution >= 4 is 22.7 Å². The molecule has 2 amide bonds. The molecule has 1 fully saturated rings. The number of likely N-dealkylation sites (tertiary alicyclic amines) is 1. The van der Waals surface area contributed by atoms with E-state index in [1.807, 2.05) is 35.2 Å². The Morgan fingerprint density at radius 1 is 1.07 bits per heavy atom. The Balaban J connectivity index is 1.29. The Bertz CT molecular complexity index is 1030. The van der Waals surface area contributed by atoms with Crippen LogP contribution in [0.15, 0.2) is 60.7 Å². The third-order valence-corrected chi connectivity index (χ3v) is 6.04. The topological polar surface area (TPSA) is 54.3 Å². The van der Waals surface area contributed by atoms with Gasteiger partial charge in [-0.3, -0.25) is 9.59 Å². The number of aromatic nitrogens is 1. The standard InChI is InChI=1S/C25H29N3O2/c1-19-17-21-9-5-6-10-23(21)28(19)16-14-26-25(30)22-11-12-24(29)27(18-22)15-13-20-7-3-2-4-8-20/h2-10,17,22H,11-16,18H2,1H3,(H,26,30)/t22-/m1/s1. The first-order chi connectivity index (χ1) is 14.6. The van der Waals surface area contributed by atoms with E-state index in [1.165, 1.54) is 22.2 Å². The molecule has 1 aliphatic heterocycles. The lowest BCUT2D eigenvalue weighted by Gasteiger charge is -2.32. The molecule has 1 aromatic heterocycles. The molecule has 0 aliphatic carbocycles. The van der Waals surface area contributed by atoms with Crippen LogP contribution in [-0.4, -0.2) is 40.9 Å². The highest BCUT2D eigenvalue weighted by Crippen LogP contribution is 2.20. The predicted molar refractivity (Wildman–Crippen MR) is 119 cm³/mol. The summed E-state index contributed by atoms with van der Waals surface area (Å²) in [6, 6.07) is 20.7. The Kier molecular flexibility index (Phi) is 6.17. The summed E-state index contributed by atoms with van der Waals surface area (Å²) in [5.41, 5.74) is 3.60. The summed E-state index contributed by atoms with van der Waals surface area (Å²) in [6.45, 7) is 4.62.